The molecule has 0 amide bonds. The number of likely N-dealkylation sites (N-methyl/N-ethyl adjacent to an activating group) is 1. The van der Waals surface area contributed by atoms with E-state index in [4.69, 9.17) is 0 Å². The first kappa shape index (κ1) is 13.1. The molecule has 1 atom stereocenters. The molecule has 2 aromatic rings. The first-order valence-corrected chi connectivity index (χ1v) is 7.88. The Kier molecular flexibility index (Phi) is 3.63. The van der Waals surface area contributed by atoms with E-state index in [1.807, 2.05) is 0 Å². The van der Waals surface area contributed by atoms with Gasteiger partial charge in [-0.15, -0.1) is 0 Å². The molecular formula is C17H19IN+. The molecule has 0 saturated carbocycles. The van der Waals surface area contributed by atoms with Gasteiger partial charge in [0.15, 0.2) is 0 Å². The van der Waals surface area contributed by atoms with Crippen molar-refractivity contribution in [1.82, 2.24) is 0 Å². The van der Waals surface area contributed by atoms with Crippen LogP contribution in [0, 0.1) is 3.57 Å². The molecule has 0 fully saturated rings. The van der Waals surface area contributed by atoms with Crippen LogP contribution in [-0.4, -0.2) is 18.1 Å². The van der Waals surface area contributed by atoms with E-state index < -0.39 is 0 Å². The van der Waals surface area contributed by atoms with E-state index in [1.165, 1.54) is 27.7 Å². The highest BCUT2D eigenvalue weighted by molar-refractivity contribution is 14.1. The minimum atomic E-state index is 1.12. The monoisotopic (exact) mass is 364 g/mol. The molecule has 1 heterocycles. The number of hydrogen-bond acceptors (Lipinski definition) is 0. The van der Waals surface area contributed by atoms with E-state index in [0.29, 0.717) is 0 Å². The Bertz CT molecular complexity index is 593. The van der Waals surface area contributed by atoms with Gasteiger partial charge in [0.2, 0.25) is 0 Å². The van der Waals surface area contributed by atoms with Crippen molar-refractivity contribution in [2.75, 3.05) is 13.6 Å². The van der Waals surface area contributed by atoms with Gasteiger partial charge < -0.3 is 4.48 Å². The van der Waals surface area contributed by atoms with Crippen LogP contribution in [-0.2, 0) is 19.5 Å². The van der Waals surface area contributed by atoms with Crippen molar-refractivity contribution < 1.29 is 4.48 Å². The summed E-state index contributed by atoms with van der Waals surface area (Å²) in [6.07, 6.45) is 1.20. The molecule has 0 saturated heterocycles. The molecule has 98 valence electrons. The van der Waals surface area contributed by atoms with Gasteiger partial charge in [-0.3, -0.25) is 0 Å². The first-order chi connectivity index (χ1) is 9.16. The molecule has 2 heteroatoms. The van der Waals surface area contributed by atoms with Crippen LogP contribution in [0.1, 0.15) is 16.7 Å². The lowest BCUT2D eigenvalue weighted by Crippen LogP contribution is -2.46. The fourth-order valence-electron chi connectivity index (χ4n) is 3.01. The molecule has 0 bridgehead atoms. The summed E-state index contributed by atoms with van der Waals surface area (Å²) >= 11 is 2.45. The second kappa shape index (κ2) is 5.25. The van der Waals surface area contributed by atoms with Gasteiger partial charge in [0, 0.05) is 21.1 Å². The van der Waals surface area contributed by atoms with Crippen LogP contribution < -0.4 is 0 Å². The molecule has 1 aliphatic rings. The summed E-state index contributed by atoms with van der Waals surface area (Å²) in [7, 11) is 2.39. The van der Waals surface area contributed by atoms with Crippen molar-refractivity contribution in [3.8, 4) is 0 Å². The maximum atomic E-state index is 2.45. The Labute approximate surface area is 129 Å². The molecule has 0 spiro atoms. The SMILES string of the molecule is C[N+]1(Cc2ccccc2I)CCc2ccccc2C1. The molecule has 0 radical (unpaired) electrons. The highest BCUT2D eigenvalue weighted by atomic mass is 127. The number of benzene rings is 2. The zero-order valence-corrected chi connectivity index (χ0v) is 13.4. The molecule has 19 heavy (non-hydrogen) atoms. The van der Waals surface area contributed by atoms with Crippen LogP contribution in [0.4, 0.5) is 0 Å². The van der Waals surface area contributed by atoms with Crippen molar-refractivity contribution >= 4 is 22.6 Å². The quantitative estimate of drug-likeness (QED) is 0.558. The molecule has 3 rings (SSSR count). The Balaban J connectivity index is 1.84. The molecule has 1 unspecified atom stereocenters. The van der Waals surface area contributed by atoms with Gasteiger partial charge in [0.1, 0.15) is 13.1 Å². The van der Waals surface area contributed by atoms with Crippen molar-refractivity contribution in [2.45, 2.75) is 19.5 Å². The van der Waals surface area contributed by atoms with Crippen LogP contribution in [0.5, 0.6) is 0 Å². The Morgan fingerprint density at radius 2 is 1.68 bits per heavy atom. The van der Waals surface area contributed by atoms with E-state index in [2.05, 4.69) is 78.2 Å². The van der Waals surface area contributed by atoms with E-state index in [0.717, 1.165) is 17.6 Å². The van der Waals surface area contributed by atoms with Crippen LogP contribution in [0.15, 0.2) is 48.5 Å². The maximum absolute atomic E-state index is 2.45. The minimum Gasteiger partial charge on any atom is -0.318 e. The van der Waals surface area contributed by atoms with Crippen molar-refractivity contribution in [2.24, 2.45) is 0 Å². The Hall–Kier alpha value is -0.870. The summed E-state index contributed by atoms with van der Waals surface area (Å²) in [6, 6.07) is 17.7. The lowest BCUT2D eigenvalue weighted by atomic mass is 9.97. The Morgan fingerprint density at radius 1 is 1.00 bits per heavy atom. The second-order valence-corrected chi connectivity index (χ2v) is 6.93. The zero-order chi connectivity index (χ0) is 13.3. The van der Waals surface area contributed by atoms with Crippen LogP contribution >= 0.6 is 22.6 Å². The minimum absolute atomic E-state index is 1.12. The summed E-state index contributed by atoms with van der Waals surface area (Å²) in [4.78, 5) is 0. The highest BCUT2D eigenvalue weighted by Crippen LogP contribution is 2.27. The summed E-state index contributed by atoms with van der Waals surface area (Å²) in [5.74, 6) is 0. The van der Waals surface area contributed by atoms with E-state index >= 15 is 0 Å². The lowest BCUT2D eigenvalue weighted by molar-refractivity contribution is -0.937. The van der Waals surface area contributed by atoms with Gasteiger partial charge in [0.05, 0.1) is 13.6 Å². The summed E-state index contributed by atoms with van der Waals surface area (Å²) in [5, 5.41) is 0. The number of quaternary nitrogens is 1. The van der Waals surface area contributed by atoms with Crippen LogP contribution in [0.2, 0.25) is 0 Å². The lowest BCUT2D eigenvalue weighted by Gasteiger charge is -2.39. The topological polar surface area (TPSA) is 0 Å². The van der Waals surface area contributed by atoms with Gasteiger partial charge in [-0.1, -0.05) is 42.5 Å². The van der Waals surface area contributed by atoms with Gasteiger partial charge in [-0.05, 0) is 34.2 Å². The maximum Gasteiger partial charge on any atom is 0.105 e. The fourth-order valence-corrected chi connectivity index (χ4v) is 3.57. The second-order valence-electron chi connectivity index (χ2n) is 5.77. The third kappa shape index (κ3) is 2.84. The van der Waals surface area contributed by atoms with E-state index in [1.54, 1.807) is 5.56 Å². The average Bonchev–Trinajstić information content (AvgIpc) is 2.41. The predicted octanol–water partition coefficient (Wildman–Crippen LogP) is 3.99. The molecule has 1 aliphatic heterocycles. The standard InChI is InChI=1S/C17H19IN/c1-19(13-16-8-4-5-9-17(16)18)11-10-14-6-2-3-7-15(14)12-19/h2-9H,10-13H2,1H3/q+1. The van der Waals surface area contributed by atoms with Crippen molar-refractivity contribution in [3.63, 3.8) is 0 Å². The van der Waals surface area contributed by atoms with Gasteiger partial charge >= 0.3 is 0 Å². The number of hydrogen-bond donors (Lipinski definition) is 0. The number of rotatable bonds is 2. The number of fused-ring (bicyclic) bond motifs is 1. The molecule has 2 aromatic carbocycles. The molecular weight excluding hydrogens is 345 g/mol. The summed E-state index contributed by atoms with van der Waals surface area (Å²) in [6.45, 7) is 3.52. The van der Waals surface area contributed by atoms with Crippen LogP contribution in [0.25, 0.3) is 0 Å². The van der Waals surface area contributed by atoms with Crippen LogP contribution in [0.3, 0.4) is 0 Å². The third-order valence-electron chi connectivity index (χ3n) is 4.10. The van der Waals surface area contributed by atoms with E-state index in [9.17, 15) is 0 Å². The summed E-state index contributed by atoms with van der Waals surface area (Å²) < 4.78 is 2.51. The van der Waals surface area contributed by atoms with E-state index in [-0.39, 0.29) is 0 Å². The van der Waals surface area contributed by atoms with Crippen molar-refractivity contribution in [3.05, 3.63) is 68.8 Å². The van der Waals surface area contributed by atoms with Crippen molar-refractivity contribution in [1.29, 1.82) is 0 Å². The average molecular weight is 364 g/mol. The first-order valence-electron chi connectivity index (χ1n) is 6.80. The third-order valence-corrected chi connectivity index (χ3v) is 5.15. The number of halogens is 1. The summed E-state index contributed by atoms with van der Waals surface area (Å²) in [5.41, 5.74) is 4.55. The van der Waals surface area contributed by atoms with Gasteiger partial charge in [-0.25, -0.2) is 0 Å². The number of nitrogens with zero attached hydrogens (tertiary/aromatic N) is 1. The fraction of sp³-hybridized carbons (Fsp3) is 0.294. The molecule has 0 aliphatic carbocycles. The van der Waals surface area contributed by atoms with Gasteiger partial charge in [-0.2, -0.15) is 0 Å². The molecule has 1 nitrogen and oxygen atoms in total. The highest BCUT2D eigenvalue weighted by Gasteiger charge is 2.28. The molecule has 0 aromatic heterocycles. The normalized spacial score (nSPS) is 22.0. The smallest absolute Gasteiger partial charge is 0.105 e. The van der Waals surface area contributed by atoms with Gasteiger partial charge in [0.25, 0.3) is 0 Å². The molecule has 0 N–H and O–H groups in total. The Morgan fingerprint density at radius 3 is 2.47 bits per heavy atom. The zero-order valence-electron chi connectivity index (χ0n) is 11.3. The predicted molar refractivity (Wildman–Crippen MR) is 87.8 cm³/mol. The largest absolute Gasteiger partial charge is 0.318 e.